The lowest BCUT2D eigenvalue weighted by atomic mass is 9.80. The van der Waals surface area contributed by atoms with Crippen molar-refractivity contribution in [1.82, 2.24) is 25.4 Å². The first-order valence-corrected chi connectivity index (χ1v) is 16.2. The van der Waals surface area contributed by atoms with Crippen LogP contribution in [0.3, 0.4) is 0 Å². The van der Waals surface area contributed by atoms with E-state index in [1.54, 1.807) is 12.1 Å². The monoisotopic (exact) mass is 656 g/mol. The predicted molar refractivity (Wildman–Crippen MR) is 182 cm³/mol. The fraction of sp³-hybridized carbons (Fsp3) is 0.324. The van der Waals surface area contributed by atoms with Crippen molar-refractivity contribution in [2.75, 3.05) is 19.7 Å². The van der Waals surface area contributed by atoms with Crippen LogP contribution in [0.5, 0.6) is 5.75 Å². The Morgan fingerprint density at radius 2 is 1.70 bits per heavy atom. The molecule has 244 valence electrons. The Morgan fingerprint density at radius 1 is 0.957 bits per heavy atom. The maximum atomic E-state index is 12.7. The summed E-state index contributed by atoms with van der Waals surface area (Å²) < 4.78 is 8.14. The Morgan fingerprint density at radius 3 is 2.43 bits per heavy atom. The number of rotatable bonds is 14. The summed E-state index contributed by atoms with van der Waals surface area (Å²) in [5.41, 5.74) is 4.08. The van der Waals surface area contributed by atoms with Crippen LogP contribution in [0.4, 0.5) is 0 Å². The summed E-state index contributed by atoms with van der Waals surface area (Å²) >= 11 is 6.21. The molecule has 0 spiro atoms. The quantitative estimate of drug-likeness (QED) is 0.119. The van der Waals surface area contributed by atoms with Gasteiger partial charge in [0.2, 0.25) is 5.91 Å². The van der Waals surface area contributed by atoms with Crippen LogP contribution >= 0.6 is 11.6 Å². The highest BCUT2D eigenvalue weighted by molar-refractivity contribution is 6.58. The minimum Gasteiger partial charge on any atom is -0.494 e. The van der Waals surface area contributed by atoms with Gasteiger partial charge in [-0.3, -0.25) is 19.1 Å². The highest BCUT2D eigenvalue weighted by atomic mass is 35.5. The molecule has 0 radical (unpaired) electrons. The number of carbonyl (C=O) groups is 2. The van der Waals surface area contributed by atoms with Gasteiger partial charge in [-0.05, 0) is 74.6 Å². The standard InChI is InChI=1S/C34H38BClN6O5/c1-3-37-31(43)21-29-33-41-40-22(2)42(33)30-17-16-27(20-28(30)32(39-29)23-10-14-26(36)15-11-23)47-19-7-5-4-6-18-38-34(44)24-8-12-25(13-9-24)35(45)46/h8-17,20,29,45-46H,3-7,18-19,21H2,1-2H3,(H,37,43)(H,38,44). The third-order valence-corrected chi connectivity index (χ3v) is 8.12. The zero-order chi connectivity index (χ0) is 33.3. The van der Waals surface area contributed by atoms with Crippen LogP contribution in [0.2, 0.25) is 5.02 Å². The van der Waals surface area contributed by atoms with E-state index in [-0.39, 0.29) is 18.2 Å². The number of ether oxygens (including phenoxy) is 1. The van der Waals surface area contributed by atoms with E-state index in [1.165, 1.54) is 12.1 Å². The van der Waals surface area contributed by atoms with Crippen molar-refractivity contribution in [2.45, 2.75) is 52.0 Å². The zero-order valence-electron chi connectivity index (χ0n) is 26.4. The molecule has 1 aliphatic heterocycles. The van der Waals surface area contributed by atoms with E-state index < -0.39 is 13.2 Å². The maximum Gasteiger partial charge on any atom is 0.488 e. The van der Waals surface area contributed by atoms with Crippen LogP contribution in [0.15, 0.2) is 71.7 Å². The van der Waals surface area contributed by atoms with Crippen LogP contribution in [0, 0.1) is 6.92 Å². The highest BCUT2D eigenvalue weighted by Crippen LogP contribution is 2.34. The minimum atomic E-state index is -1.56. The largest absolute Gasteiger partial charge is 0.494 e. The molecule has 1 aliphatic rings. The van der Waals surface area contributed by atoms with Gasteiger partial charge in [0, 0.05) is 34.8 Å². The molecule has 5 rings (SSSR count). The van der Waals surface area contributed by atoms with Crippen molar-refractivity contribution in [3.8, 4) is 11.4 Å². The molecule has 1 aromatic heterocycles. The average molecular weight is 657 g/mol. The van der Waals surface area contributed by atoms with Crippen molar-refractivity contribution < 1.29 is 24.4 Å². The Hall–Kier alpha value is -4.52. The summed E-state index contributed by atoms with van der Waals surface area (Å²) in [5, 5.41) is 33.5. The topological polar surface area (TPSA) is 151 Å². The number of carbonyl (C=O) groups excluding carboxylic acids is 2. The van der Waals surface area contributed by atoms with Crippen molar-refractivity contribution >= 4 is 41.7 Å². The van der Waals surface area contributed by atoms with Gasteiger partial charge in [-0.2, -0.15) is 0 Å². The first kappa shape index (κ1) is 33.8. The van der Waals surface area contributed by atoms with E-state index >= 15 is 0 Å². The Kier molecular flexibility index (Phi) is 11.4. The summed E-state index contributed by atoms with van der Waals surface area (Å²) in [6.07, 6.45) is 3.67. The number of aryl methyl sites for hydroxylation is 1. The molecule has 2 heterocycles. The number of hydrogen-bond acceptors (Lipinski definition) is 8. The van der Waals surface area contributed by atoms with Crippen LogP contribution in [-0.2, 0) is 4.79 Å². The van der Waals surface area contributed by atoms with E-state index in [0.29, 0.717) is 58.9 Å². The molecule has 0 aliphatic carbocycles. The summed E-state index contributed by atoms with van der Waals surface area (Å²) in [7, 11) is -1.56. The lowest BCUT2D eigenvalue weighted by Gasteiger charge is -2.15. The van der Waals surface area contributed by atoms with Gasteiger partial charge in [0.1, 0.15) is 17.6 Å². The molecule has 4 N–H and O–H groups in total. The summed E-state index contributed by atoms with van der Waals surface area (Å²) in [5.74, 6) is 1.69. The molecule has 47 heavy (non-hydrogen) atoms. The summed E-state index contributed by atoms with van der Waals surface area (Å²) in [6, 6.07) is 19.0. The zero-order valence-corrected chi connectivity index (χ0v) is 27.2. The molecule has 0 bridgehead atoms. The number of unbranched alkanes of at least 4 members (excludes halogenated alkanes) is 3. The number of benzene rings is 3. The number of amides is 2. The first-order valence-electron chi connectivity index (χ1n) is 15.8. The molecule has 4 aromatic rings. The lowest BCUT2D eigenvalue weighted by Crippen LogP contribution is -2.30. The van der Waals surface area contributed by atoms with Crippen molar-refractivity contribution in [3.05, 3.63) is 100 Å². The molecule has 3 aromatic carbocycles. The smallest absolute Gasteiger partial charge is 0.488 e. The highest BCUT2D eigenvalue weighted by Gasteiger charge is 2.30. The molecule has 13 heteroatoms. The molecule has 0 saturated heterocycles. The van der Waals surface area contributed by atoms with Gasteiger partial charge in [0.25, 0.3) is 5.91 Å². The molecule has 1 unspecified atom stereocenters. The van der Waals surface area contributed by atoms with Crippen LogP contribution < -0.4 is 20.8 Å². The molecule has 2 amide bonds. The van der Waals surface area contributed by atoms with Crippen molar-refractivity contribution in [3.63, 3.8) is 0 Å². The number of aliphatic imine (C=N–C) groups is 1. The number of nitrogens with zero attached hydrogens (tertiary/aromatic N) is 4. The number of nitrogens with one attached hydrogen (secondary N) is 2. The summed E-state index contributed by atoms with van der Waals surface area (Å²) in [4.78, 5) is 30.1. The van der Waals surface area contributed by atoms with E-state index in [1.807, 2.05) is 60.9 Å². The van der Waals surface area contributed by atoms with E-state index in [2.05, 4.69) is 20.8 Å². The predicted octanol–water partition coefficient (Wildman–Crippen LogP) is 3.70. The second kappa shape index (κ2) is 15.9. The maximum absolute atomic E-state index is 12.7. The van der Waals surface area contributed by atoms with Gasteiger partial charge >= 0.3 is 7.12 Å². The van der Waals surface area contributed by atoms with Crippen molar-refractivity contribution in [1.29, 1.82) is 0 Å². The van der Waals surface area contributed by atoms with Gasteiger partial charge in [-0.1, -0.05) is 48.7 Å². The van der Waals surface area contributed by atoms with Gasteiger partial charge in [-0.15, -0.1) is 10.2 Å². The van der Waals surface area contributed by atoms with Gasteiger partial charge in [0.15, 0.2) is 5.82 Å². The molecule has 1 atom stereocenters. The first-order chi connectivity index (χ1) is 22.7. The molecular weight excluding hydrogens is 619 g/mol. The Bertz CT molecular complexity index is 1730. The second-order valence-corrected chi connectivity index (χ2v) is 11.7. The third kappa shape index (κ3) is 8.45. The van der Waals surface area contributed by atoms with Crippen LogP contribution in [0.25, 0.3) is 5.69 Å². The molecular formula is C34H38BClN6O5. The van der Waals surface area contributed by atoms with E-state index in [0.717, 1.165) is 42.5 Å². The number of aromatic nitrogens is 3. The molecule has 11 nitrogen and oxygen atoms in total. The van der Waals surface area contributed by atoms with Crippen LogP contribution in [-0.4, -0.2) is 69.2 Å². The Balaban J connectivity index is 1.22. The number of fused-ring (bicyclic) bond motifs is 3. The number of hydrogen-bond donors (Lipinski definition) is 4. The van der Waals surface area contributed by atoms with E-state index in [4.69, 9.17) is 21.3 Å². The fourth-order valence-corrected chi connectivity index (χ4v) is 5.59. The lowest BCUT2D eigenvalue weighted by molar-refractivity contribution is -0.121. The molecule has 0 saturated carbocycles. The van der Waals surface area contributed by atoms with Crippen molar-refractivity contribution in [2.24, 2.45) is 4.99 Å². The minimum absolute atomic E-state index is 0.115. The van der Waals surface area contributed by atoms with Gasteiger partial charge in [-0.25, -0.2) is 0 Å². The average Bonchev–Trinajstić information content (AvgIpc) is 3.39. The van der Waals surface area contributed by atoms with Crippen LogP contribution in [0.1, 0.15) is 78.2 Å². The van der Waals surface area contributed by atoms with Gasteiger partial charge < -0.3 is 25.4 Å². The normalized spacial score (nSPS) is 13.6. The third-order valence-electron chi connectivity index (χ3n) is 7.86. The molecule has 0 fully saturated rings. The van der Waals surface area contributed by atoms with E-state index in [9.17, 15) is 19.6 Å². The van der Waals surface area contributed by atoms with Gasteiger partial charge in [0.05, 0.1) is 24.4 Å². The SMILES string of the molecule is CCNC(=O)CC1N=C(c2ccc(Cl)cc2)c2cc(OCCCCCCNC(=O)c3ccc(B(O)O)cc3)ccc2-n2c(C)nnc21. The summed E-state index contributed by atoms with van der Waals surface area (Å²) in [6.45, 7) is 5.37. The Labute approximate surface area is 279 Å². The fourth-order valence-electron chi connectivity index (χ4n) is 5.47. The second-order valence-electron chi connectivity index (χ2n) is 11.3. The number of halogens is 1.